The van der Waals surface area contributed by atoms with E-state index in [9.17, 15) is 13.2 Å². The Morgan fingerprint density at radius 2 is 2.07 bits per heavy atom. The monoisotopic (exact) mass is 441 g/mol. The SMILES string of the molecule is COc1cccc(CCC(=O)n2ccc3cc(S(=O)(=O)Nc4nccs4)ccc32)c1. The van der Waals surface area contributed by atoms with Gasteiger partial charge in [-0.25, -0.2) is 13.4 Å². The number of nitrogens with one attached hydrogen (secondary N) is 1. The van der Waals surface area contributed by atoms with E-state index < -0.39 is 10.0 Å². The fourth-order valence-corrected chi connectivity index (χ4v) is 4.98. The maximum atomic E-state index is 12.7. The molecule has 4 aromatic rings. The highest BCUT2D eigenvalue weighted by Crippen LogP contribution is 2.24. The van der Waals surface area contributed by atoms with Gasteiger partial charge >= 0.3 is 0 Å². The van der Waals surface area contributed by atoms with Gasteiger partial charge in [0.05, 0.1) is 17.5 Å². The molecule has 154 valence electrons. The molecule has 0 aliphatic rings. The molecule has 0 saturated carbocycles. The lowest BCUT2D eigenvalue weighted by Crippen LogP contribution is -2.13. The summed E-state index contributed by atoms with van der Waals surface area (Å²) in [5.41, 5.74) is 1.68. The third-order valence-corrected chi connectivity index (χ3v) is 6.81. The Morgan fingerprint density at radius 1 is 1.20 bits per heavy atom. The molecule has 0 atom stereocenters. The van der Waals surface area contributed by atoms with Gasteiger partial charge in [-0.1, -0.05) is 12.1 Å². The smallest absolute Gasteiger partial charge is 0.263 e. The molecule has 2 heterocycles. The van der Waals surface area contributed by atoms with E-state index in [0.29, 0.717) is 28.9 Å². The molecule has 2 aromatic carbocycles. The van der Waals surface area contributed by atoms with Crippen molar-refractivity contribution in [3.63, 3.8) is 0 Å². The predicted molar refractivity (Wildman–Crippen MR) is 117 cm³/mol. The zero-order chi connectivity index (χ0) is 21.1. The second-order valence-electron chi connectivity index (χ2n) is 6.59. The Morgan fingerprint density at radius 3 is 2.83 bits per heavy atom. The lowest BCUT2D eigenvalue weighted by molar-refractivity contribution is 0.0908. The van der Waals surface area contributed by atoms with Crippen LogP contribution in [0, 0.1) is 0 Å². The number of ether oxygens (including phenoxy) is 1. The zero-order valence-electron chi connectivity index (χ0n) is 16.1. The number of sulfonamides is 1. The molecular weight excluding hydrogens is 422 g/mol. The van der Waals surface area contributed by atoms with Crippen LogP contribution in [0.25, 0.3) is 10.9 Å². The van der Waals surface area contributed by atoms with Crippen molar-refractivity contribution >= 4 is 43.3 Å². The molecule has 1 N–H and O–H groups in total. The zero-order valence-corrected chi connectivity index (χ0v) is 17.7. The Balaban J connectivity index is 1.52. The van der Waals surface area contributed by atoms with Crippen molar-refractivity contribution in [2.24, 2.45) is 0 Å². The number of carbonyl (C=O) groups is 1. The number of thiazole rings is 1. The van der Waals surface area contributed by atoms with Crippen LogP contribution >= 0.6 is 11.3 Å². The summed E-state index contributed by atoms with van der Waals surface area (Å²) in [6.45, 7) is 0. The first kappa shape index (κ1) is 20.1. The minimum absolute atomic E-state index is 0.0654. The molecule has 0 fully saturated rings. The van der Waals surface area contributed by atoms with Crippen LogP contribution in [0.2, 0.25) is 0 Å². The van der Waals surface area contributed by atoms with Crippen LogP contribution in [-0.4, -0.2) is 31.0 Å². The number of hydrogen-bond donors (Lipinski definition) is 1. The Hall–Kier alpha value is -3.17. The van der Waals surface area contributed by atoms with Gasteiger partial charge in [0.1, 0.15) is 5.75 Å². The number of hydrogen-bond acceptors (Lipinski definition) is 6. The summed E-state index contributed by atoms with van der Waals surface area (Å²) in [6.07, 6.45) is 4.11. The fraction of sp³-hybridized carbons (Fsp3) is 0.143. The highest BCUT2D eigenvalue weighted by atomic mass is 32.2. The number of carbonyl (C=O) groups excluding carboxylic acids is 1. The highest BCUT2D eigenvalue weighted by molar-refractivity contribution is 7.93. The van der Waals surface area contributed by atoms with Crippen LogP contribution in [0.4, 0.5) is 5.13 Å². The summed E-state index contributed by atoms with van der Waals surface area (Å²) in [7, 11) is -2.14. The average Bonchev–Trinajstić information content (AvgIpc) is 3.41. The van der Waals surface area contributed by atoms with Gasteiger partial charge in [-0.2, -0.15) is 0 Å². The quantitative estimate of drug-likeness (QED) is 0.465. The van der Waals surface area contributed by atoms with Crippen LogP contribution in [0.3, 0.4) is 0 Å². The van der Waals surface area contributed by atoms with Gasteiger partial charge in [-0.05, 0) is 48.4 Å². The second-order valence-corrected chi connectivity index (χ2v) is 9.17. The van der Waals surface area contributed by atoms with Crippen LogP contribution < -0.4 is 9.46 Å². The third-order valence-electron chi connectivity index (χ3n) is 4.66. The van der Waals surface area contributed by atoms with E-state index in [0.717, 1.165) is 11.3 Å². The Bertz CT molecular complexity index is 1300. The lowest BCUT2D eigenvalue weighted by Gasteiger charge is -2.08. The normalized spacial score (nSPS) is 11.5. The fourth-order valence-electron chi connectivity index (χ4n) is 3.15. The van der Waals surface area contributed by atoms with Crippen LogP contribution in [0.15, 0.2) is 71.2 Å². The number of benzene rings is 2. The first-order valence-electron chi connectivity index (χ1n) is 9.16. The summed E-state index contributed by atoms with van der Waals surface area (Å²) >= 11 is 1.20. The number of aromatic nitrogens is 2. The minimum Gasteiger partial charge on any atom is -0.497 e. The van der Waals surface area contributed by atoms with E-state index in [4.69, 9.17) is 4.74 Å². The maximum absolute atomic E-state index is 12.7. The molecule has 0 aliphatic heterocycles. The van der Waals surface area contributed by atoms with Crippen LogP contribution in [0.5, 0.6) is 5.75 Å². The Kier molecular flexibility index (Phi) is 5.56. The van der Waals surface area contributed by atoms with E-state index in [1.807, 2.05) is 24.3 Å². The van der Waals surface area contributed by atoms with Crippen molar-refractivity contribution in [3.8, 4) is 5.75 Å². The first-order valence-corrected chi connectivity index (χ1v) is 11.5. The number of rotatable bonds is 7. The van der Waals surface area contributed by atoms with Gasteiger partial charge in [-0.3, -0.25) is 14.1 Å². The number of aryl methyl sites for hydroxylation is 1. The molecule has 0 spiro atoms. The molecule has 0 radical (unpaired) electrons. The van der Waals surface area contributed by atoms with E-state index >= 15 is 0 Å². The van der Waals surface area contributed by atoms with Gasteiger partial charge in [0.15, 0.2) is 5.13 Å². The summed E-state index contributed by atoms with van der Waals surface area (Å²) in [4.78, 5) is 16.8. The summed E-state index contributed by atoms with van der Waals surface area (Å²) in [6, 6.07) is 14.0. The lowest BCUT2D eigenvalue weighted by atomic mass is 10.1. The maximum Gasteiger partial charge on any atom is 0.263 e. The molecule has 9 heteroatoms. The Labute approximate surface area is 178 Å². The molecule has 30 heavy (non-hydrogen) atoms. The largest absolute Gasteiger partial charge is 0.497 e. The summed E-state index contributed by atoms with van der Waals surface area (Å²) in [5.74, 6) is 0.691. The molecule has 0 aliphatic carbocycles. The molecular formula is C21H19N3O4S2. The molecule has 0 bridgehead atoms. The van der Waals surface area contributed by atoms with Crippen molar-refractivity contribution in [3.05, 3.63) is 71.9 Å². The van der Waals surface area contributed by atoms with Crippen molar-refractivity contribution in [1.82, 2.24) is 9.55 Å². The van der Waals surface area contributed by atoms with E-state index in [1.165, 1.54) is 23.6 Å². The predicted octanol–water partition coefficient (Wildman–Crippen LogP) is 4.18. The molecule has 0 amide bonds. The number of nitrogens with zero attached hydrogens (tertiary/aromatic N) is 2. The van der Waals surface area contributed by atoms with Crippen LogP contribution in [0.1, 0.15) is 16.8 Å². The number of anilines is 1. The average molecular weight is 442 g/mol. The molecule has 2 aromatic heterocycles. The van der Waals surface area contributed by atoms with Gasteiger partial charge < -0.3 is 4.74 Å². The molecule has 7 nitrogen and oxygen atoms in total. The van der Waals surface area contributed by atoms with Gasteiger partial charge in [0, 0.05) is 29.6 Å². The van der Waals surface area contributed by atoms with Gasteiger partial charge in [0.2, 0.25) is 5.91 Å². The van der Waals surface area contributed by atoms with Crippen LogP contribution in [-0.2, 0) is 16.4 Å². The second kappa shape index (κ2) is 8.29. The van der Waals surface area contributed by atoms with Crippen molar-refractivity contribution in [2.75, 3.05) is 11.8 Å². The number of methoxy groups -OCH3 is 1. The van der Waals surface area contributed by atoms with Gasteiger partial charge in [-0.15, -0.1) is 11.3 Å². The summed E-state index contributed by atoms with van der Waals surface area (Å²) < 4.78 is 34.4. The summed E-state index contributed by atoms with van der Waals surface area (Å²) in [5, 5.41) is 2.67. The van der Waals surface area contributed by atoms with E-state index in [-0.39, 0.29) is 10.8 Å². The van der Waals surface area contributed by atoms with Crippen molar-refractivity contribution in [2.45, 2.75) is 17.7 Å². The first-order chi connectivity index (χ1) is 14.5. The molecule has 0 unspecified atom stereocenters. The van der Waals surface area contributed by atoms with Gasteiger partial charge in [0.25, 0.3) is 10.0 Å². The highest BCUT2D eigenvalue weighted by Gasteiger charge is 2.17. The minimum atomic E-state index is -3.75. The molecule has 4 rings (SSSR count). The molecule has 0 saturated heterocycles. The van der Waals surface area contributed by atoms with Crippen molar-refractivity contribution in [1.29, 1.82) is 0 Å². The number of fused-ring (bicyclic) bond motifs is 1. The van der Waals surface area contributed by atoms with E-state index in [1.54, 1.807) is 41.5 Å². The standard InChI is InChI=1S/C21H19N3O4S2/c1-28-17-4-2-3-15(13-17)5-8-20(25)24-11-9-16-14-18(6-7-19(16)24)30(26,27)23-21-22-10-12-29-21/h2-4,6-7,9-14H,5,8H2,1H3,(H,22,23). The topological polar surface area (TPSA) is 90.3 Å². The van der Waals surface area contributed by atoms with E-state index in [2.05, 4.69) is 9.71 Å². The third kappa shape index (κ3) is 4.22. The van der Waals surface area contributed by atoms with Crippen molar-refractivity contribution < 1.29 is 17.9 Å².